The predicted molar refractivity (Wildman–Crippen MR) is 96.8 cm³/mol. The molecule has 1 heterocycles. The standard InChI is InChI=1S/C19H29N3O/c1-15(2)22-14-16(17-8-5-6-9-18(17)22)10-11-19(23)20-12-7-13-21(3)4/h5-6,8-9,14-15H,7,10-13H2,1-4H3,(H,20,23). The number of aromatic nitrogens is 1. The van der Waals surface area contributed by atoms with Crippen molar-refractivity contribution < 1.29 is 4.79 Å². The fourth-order valence-corrected chi connectivity index (χ4v) is 2.86. The first kappa shape index (κ1) is 17.5. The minimum Gasteiger partial charge on any atom is -0.356 e. The summed E-state index contributed by atoms with van der Waals surface area (Å²) in [5.41, 5.74) is 2.52. The Morgan fingerprint density at radius 3 is 2.70 bits per heavy atom. The lowest BCUT2D eigenvalue weighted by atomic mass is 10.1. The highest BCUT2D eigenvalue weighted by Gasteiger charge is 2.11. The van der Waals surface area contributed by atoms with Gasteiger partial charge in [-0.15, -0.1) is 0 Å². The number of para-hydroxylation sites is 1. The zero-order valence-corrected chi connectivity index (χ0v) is 14.8. The third-order valence-electron chi connectivity index (χ3n) is 4.11. The maximum Gasteiger partial charge on any atom is 0.220 e. The van der Waals surface area contributed by atoms with Gasteiger partial charge in [-0.05, 0) is 59.0 Å². The van der Waals surface area contributed by atoms with Crippen LogP contribution in [0.5, 0.6) is 0 Å². The van der Waals surface area contributed by atoms with Crippen LogP contribution in [0.15, 0.2) is 30.5 Å². The number of fused-ring (bicyclic) bond motifs is 1. The van der Waals surface area contributed by atoms with E-state index in [9.17, 15) is 4.79 Å². The molecule has 0 radical (unpaired) electrons. The summed E-state index contributed by atoms with van der Waals surface area (Å²) in [6.45, 7) is 6.13. The Hall–Kier alpha value is -1.81. The van der Waals surface area contributed by atoms with E-state index in [1.54, 1.807) is 0 Å². The summed E-state index contributed by atoms with van der Waals surface area (Å²) in [5, 5.41) is 4.28. The van der Waals surface area contributed by atoms with Gasteiger partial charge in [0.05, 0.1) is 0 Å². The van der Waals surface area contributed by atoms with Crippen LogP contribution in [0.4, 0.5) is 0 Å². The van der Waals surface area contributed by atoms with Gasteiger partial charge >= 0.3 is 0 Å². The molecule has 126 valence electrons. The van der Waals surface area contributed by atoms with Gasteiger partial charge in [0.2, 0.25) is 5.91 Å². The highest BCUT2D eigenvalue weighted by Crippen LogP contribution is 2.25. The van der Waals surface area contributed by atoms with Crippen molar-refractivity contribution in [2.75, 3.05) is 27.2 Å². The number of hydrogen-bond acceptors (Lipinski definition) is 2. The second-order valence-electron chi connectivity index (χ2n) is 6.68. The number of amides is 1. The molecule has 0 saturated carbocycles. The van der Waals surface area contributed by atoms with Gasteiger partial charge in [0, 0.05) is 36.1 Å². The van der Waals surface area contributed by atoms with E-state index in [1.807, 2.05) is 14.1 Å². The molecule has 2 aromatic rings. The Bertz CT molecular complexity index is 643. The number of hydrogen-bond donors (Lipinski definition) is 1. The molecule has 0 bridgehead atoms. The van der Waals surface area contributed by atoms with E-state index >= 15 is 0 Å². The van der Waals surface area contributed by atoms with Gasteiger partial charge in [-0.3, -0.25) is 4.79 Å². The first-order valence-electron chi connectivity index (χ1n) is 8.49. The number of nitrogens with zero attached hydrogens (tertiary/aromatic N) is 2. The van der Waals surface area contributed by atoms with Crippen molar-refractivity contribution in [2.45, 2.75) is 39.2 Å². The third kappa shape index (κ3) is 4.83. The summed E-state index contributed by atoms with van der Waals surface area (Å²) in [4.78, 5) is 14.1. The summed E-state index contributed by atoms with van der Waals surface area (Å²) in [6, 6.07) is 8.87. The molecule has 0 atom stereocenters. The summed E-state index contributed by atoms with van der Waals surface area (Å²) in [6.07, 6.45) is 4.54. The van der Waals surface area contributed by atoms with Gasteiger partial charge in [-0.1, -0.05) is 18.2 Å². The molecule has 23 heavy (non-hydrogen) atoms. The van der Waals surface area contributed by atoms with Gasteiger partial charge in [0.15, 0.2) is 0 Å². The summed E-state index contributed by atoms with van der Waals surface area (Å²) >= 11 is 0. The van der Waals surface area contributed by atoms with E-state index in [0.29, 0.717) is 12.5 Å². The van der Waals surface area contributed by atoms with Crippen molar-refractivity contribution in [3.63, 3.8) is 0 Å². The Morgan fingerprint density at radius 1 is 1.26 bits per heavy atom. The molecule has 4 nitrogen and oxygen atoms in total. The number of benzene rings is 1. The second kappa shape index (κ2) is 8.16. The van der Waals surface area contributed by atoms with Crippen molar-refractivity contribution in [2.24, 2.45) is 0 Å². The SMILES string of the molecule is CC(C)n1cc(CCC(=O)NCCCN(C)C)c2ccccc21. The van der Waals surface area contributed by atoms with Crippen LogP contribution in [0, 0.1) is 0 Å². The topological polar surface area (TPSA) is 37.3 Å². The molecule has 0 spiro atoms. The molecular formula is C19H29N3O. The molecule has 0 aliphatic carbocycles. The molecule has 0 fully saturated rings. The Kier molecular flexibility index (Phi) is 6.22. The van der Waals surface area contributed by atoms with Crippen molar-refractivity contribution in [1.29, 1.82) is 0 Å². The van der Waals surface area contributed by atoms with E-state index in [-0.39, 0.29) is 5.91 Å². The van der Waals surface area contributed by atoms with Crippen molar-refractivity contribution in [3.05, 3.63) is 36.0 Å². The average molecular weight is 315 g/mol. The molecule has 1 aromatic heterocycles. The van der Waals surface area contributed by atoms with E-state index in [4.69, 9.17) is 0 Å². The van der Waals surface area contributed by atoms with Crippen LogP contribution >= 0.6 is 0 Å². The summed E-state index contributed by atoms with van der Waals surface area (Å²) in [7, 11) is 4.10. The second-order valence-corrected chi connectivity index (χ2v) is 6.68. The number of nitrogens with one attached hydrogen (secondary N) is 1. The normalized spacial score (nSPS) is 11.6. The first-order chi connectivity index (χ1) is 11.0. The Labute approximate surface area is 139 Å². The molecule has 1 N–H and O–H groups in total. The summed E-state index contributed by atoms with van der Waals surface area (Å²) in [5.74, 6) is 0.144. The van der Waals surface area contributed by atoms with Gasteiger partial charge < -0.3 is 14.8 Å². The molecule has 4 heteroatoms. The quantitative estimate of drug-likeness (QED) is 0.760. The fourth-order valence-electron chi connectivity index (χ4n) is 2.86. The van der Waals surface area contributed by atoms with Gasteiger partial charge in [-0.2, -0.15) is 0 Å². The van der Waals surface area contributed by atoms with E-state index in [1.165, 1.54) is 16.5 Å². The average Bonchev–Trinajstić information content (AvgIpc) is 2.88. The molecule has 0 aliphatic rings. The van der Waals surface area contributed by atoms with E-state index < -0.39 is 0 Å². The van der Waals surface area contributed by atoms with Crippen LogP contribution in [0.25, 0.3) is 10.9 Å². The zero-order chi connectivity index (χ0) is 16.8. The smallest absolute Gasteiger partial charge is 0.220 e. The largest absolute Gasteiger partial charge is 0.356 e. The van der Waals surface area contributed by atoms with Crippen LogP contribution in [0.1, 0.15) is 38.3 Å². The number of carbonyl (C=O) groups excluding carboxylic acids is 1. The Balaban J connectivity index is 1.93. The van der Waals surface area contributed by atoms with Gasteiger partial charge in [-0.25, -0.2) is 0 Å². The lowest BCUT2D eigenvalue weighted by Gasteiger charge is -2.09. The van der Waals surface area contributed by atoms with E-state index in [0.717, 1.165) is 25.9 Å². The third-order valence-corrected chi connectivity index (χ3v) is 4.11. The molecular weight excluding hydrogens is 286 g/mol. The van der Waals surface area contributed by atoms with Crippen molar-refractivity contribution in [1.82, 2.24) is 14.8 Å². The maximum atomic E-state index is 12.0. The Morgan fingerprint density at radius 2 is 2.00 bits per heavy atom. The minimum absolute atomic E-state index is 0.144. The zero-order valence-electron chi connectivity index (χ0n) is 14.8. The van der Waals surface area contributed by atoms with E-state index in [2.05, 4.69) is 59.1 Å². The fraction of sp³-hybridized carbons (Fsp3) is 0.526. The summed E-state index contributed by atoms with van der Waals surface area (Å²) < 4.78 is 2.29. The molecule has 0 aliphatic heterocycles. The van der Waals surface area contributed by atoms with Crippen molar-refractivity contribution in [3.8, 4) is 0 Å². The molecule has 0 unspecified atom stereocenters. The van der Waals surface area contributed by atoms with Crippen LogP contribution in [0.3, 0.4) is 0 Å². The number of carbonyl (C=O) groups is 1. The lowest BCUT2D eigenvalue weighted by molar-refractivity contribution is -0.121. The molecule has 0 saturated heterocycles. The van der Waals surface area contributed by atoms with Crippen LogP contribution in [-0.4, -0.2) is 42.6 Å². The van der Waals surface area contributed by atoms with Gasteiger partial charge in [0.25, 0.3) is 0 Å². The van der Waals surface area contributed by atoms with Crippen LogP contribution in [-0.2, 0) is 11.2 Å². The number of rotatable bonds is 8. The highest BCUT2D eigenvalue weighted by molar-refractivity contribution is 5.85. The highest BCUT2D eigenvalue weighted by atomic mass is 16.1. The monoisotopic (exact) mass is 315 g/mol. The van der Waals surface area contributed by atoms with Crippen LogP contribution < -0.4 is 5.32 Å². The number of aryl methyl sites for hydroxylation is 1. The molecule has 1 aromatic carbocycles. The lowest BCUT2D eigenvalue weighted by Crippen LogP contribution is -2.27. The molecule has 1 amide bonds. The van der Waals surface area contributed by atoms with Crippen LogP contribution in [0.2, 0.25) is 0 Å². The van der Waals surface area contributed by atoms with Gasteiger partial charge in [0.1, 0.15) is 0 Å². The predicted octanol–water partition coefficient (Wildman–Crippen LogP) is 3.22. The first-order valence-corrected chi connectivity index (χ1v) is 8.49. The molecule has 2 rings (SSSR count). The minimum atomic E-state index is 0.144. The maximum absolute atomic E-state index is 12.0. The van der Waals surface area contributed by atoms with Crippen molar-refractivity contribution >= 4 is 16.8 Å².